The molecule has 1 aromatic heterocycles. The van der Waals surface area contributed by atoms with Crippen LogP contribution in [0.2, 0.25) is 5.02 Å². The first kappa shape index (κ1) is 19.3. The smallest absolute Gasteiger partial charge is 0.250 e. The van der Waals surface area contributed by atoms with E-state index in [0.29, 0.717) is 20.1 Å². The van der Waals surface area contributed by atoms with E-state index in [1.807, 2.05) is 30.3 Å². The Morgan fingerprint density at radius 2 is 1.81 bits per heavy atom. The highest BCUT2D eigenvalue weighted by Crippen LogP contribution is 2.26. The number of hydrogen-bond donors (Lipinski definition) is 1. The molecule has 5 nitrogen and oxygen atoms in total. The van der Waals surface area contributed by atoms with E-state index in [9.17, 15) is 9.59 Å². The normalized spacial score (nSPS) is 10.9. The average molecular weight is 416 g/mol. The molecule has 0 bridgehead atoms. The predicted octanol–water partition coefficient (Wildman–Crippen LogP) is 4.82. The molecule has 0 fully saturated rings. The SMILES string of the molecule is O=C(C=Cc1ccccc1)Nc1nnc(SCC(=O)c2ccc(Cl)cc2)s1. The molecule has 3 aromatic rings. The Balaban J connectivity index is 1.50. The van der Waals surface area contributed by atoms with Crippen LogP contribution >= 0.6 is 34.7 Å². The third kappa shape index (κ3) is 6.02. The van der Waals surface area contributed by atoms with Gasteiger partial charge in [0, 0.05) is 16.7 Å². The number of hydrogen-bond acceptors (Lipinski definition) is 6. The van der Waals surface area contributed by atoms with Gasteiger partial charge in [-0.25, -0.2) is 0 Å². The minimum Gasteiger partial charge on any atom is -0.297 e. The van der Waals surface area contributed by atoms with Crippen LogP contribution < -0.4 is 5.32 Å². The maximum atomic E-state index is 12.1. The topological polar surface area (TPSA) is 72.0 Å². The number of nitrogens with zero attached hydrogens (tertiary/aromatic N) is 2. The number of Topliss-reactive ketones (excluding diaryl/α,β-unsaturated/α-hetero) is 1. The van der Waals surface area contributed by atoms with Crippen LogP contribution in [0.15, 0.2) is 65.0 Å². The van der Waals surface area contributed by atoms with Crippen molar-refractivity contribution in [3.8, 4) is 0 Å². The van der Waals surface area contributed by atoms with Gasteiger partial charge < -0.3 is 0 Å². The van der Waals surface area contributed by atoms with Crippen LogP contribution in [0.3, 0.4) is 0 Å². The van der Waals surface area contributed by atoms with E-state index in [4.69, 9.17) is 11.6 Å². The summed E-state index contributed by atoms with van der Waals surface area (Å²) in [6.07, 6.45) is 3.16. The number of carbonyl (C=O) groups is 2. The molecule has 0 saturated carbocycles. The summed E-state index contributed by atoms with van der Waals surface area (Å²) >= 11 is 8.32. The van der Waals surface area contributed by atoms with E-state index in [-0.39, 0.29) is 17.4 Å². The summed E-state index contributed by atoms with van der Waals surface area (Å²) in [6.45, 7) is 0. The predicted molar refractivity (Wildman–Crippen MR) is 111 cm³/mol. The Labute approximate surface area is 169 Å². The van der Waals surface area contributed by atoms with Crippen molar-refractivity contribution in [1.82, 2.24) is 10.2 Å². The Kier molecular flexibility index (Phi) is 6.75. The number of amides is 1. The molecule has 1 N–H and O–H groups in total. The summed E-state index contributed by atoms with van der Waals surface area (Å²) < 4.78 is 0.611. The molecule has 8 heteroatoms. The number of rotatable bonds is 7. The van der Waals surface area contributed by atoms with Crippen LogP contribution in [0.1, 0.15) is 15.9 Å². The highest BCUT2D eigenvalue weighted by molar-refractivity contribution is 8.01. The summed E-state index contributed by atoms with van der Waals surface area (Å²) in [7, 11) is 0. The van der Waals surface area contributed by atoms with Gasteiger partial charge in [0.2, 0.25) is 11.0 Å². The van der Waals surface area contributed by atoms with Gasteiger partial charge in [-0.3, -0.25) is 14.9 Å². The van der Waals surface area contributed by atoms with Crippen molar-refractivity contribution in [3.05, 3.63) is 76.8 Å². The second-order valence-electron chi connectivity index (χ2n) is 5.33. The highest BCUT2D eigenvalue weighted by Gasteiger charge is 2.11. The molecule has 0 unspecified atom stereocenters. The van der Waals surface area contributed by atoms with E-state index >= 15 is 0 Å². The van der Waals surface area contributed by atoms with Crippen molar-refractivity contribution in [2.45, 2.75) is 4.34 Å². The van der Waals surface area contributed by atoms with Crippen LogP contribution in [0, 0.1) is 0 Å². The average Bonchev–Trinajstić information content (AvgIpc) is 3.13. The van der Waals surface area contributed by atoms with Crippen LogP contribution in [0.5, 0.6) is 0 Å². The first-order valence-electron chi connectivity index (χ1n) is 7.89. The second kappa shape index (κ2) is 9.45. The molecule has 27 heavy (non-hydrogen) atoms. The van der Waals surface area contributed by atoms with Gasteiger partial charge >= 0.3 is 0 Å². The molecule has 0 aliphatic carbocycles. The summed E-state index contributed by atoms with van der Waals surface area (Å²) in [5.74, 6) is -0.0787. The van der Waals surface area contributed by atoms with Crippen LogP contribution in [-0.2, 0) is 4.79 Å². The first-order chi connectivity index (χ1) is 13.1. The lowest BCUT2D eigenvalue weighted by Crippen LogP contribution is -2.07. The molecule has 0 spiro atoms. The zero-order chi connectivity index (χ0) is 19.1. The van der Waals surface area contributed by atoms with Crippen molar-refractivity contribution in [2.24, 2.45) is 0 Å². The maximum Gasteiger partial charge on any atom is 0.250 e. The zero-order valence-electron chi connectivity index (χ0n) is 14.0. The van der Waals surface area contributed by atoms with Crippen molar-refractivity contribution in [2.75, 3.05) is 11.1 Å². The Morgan fingerprint density at radius 3 is 2.56 bits per heavy atom. The fourth-order valence-electron chi connectivity index (χ4n) is 2.05. The van der Waals surface area contributed by atoms with E-state index in [0.717, 1.165) is 5.56 Å². The van der Waals surface area contributed by atoms with Gasteiger partial charge in [0.05, 0.1) is 5.75 Å². The summed E-state index contributed by atoms with van der Waals surface area (Å²) in [5, 5.41) is 11.6. The number of halogens is 1. The second-order valence-corrected chi connectivity index (χ2v) is 7.96. The minimum atomic E-state index is -0.288. The molecule has 0 aliphatic rings. The van der Waals surface area contributed by atoms with Gasteiger partial charge in [-0.15, -0.1) is 10.2 Å². The third-order valence-corrected chi connectivity index (χ3v) is 5.58. The van der Waals surface area contributed by atoms with Crippen LogP contribution in [0.25, 0.3) is 6.08 Å². The van der Waals surface area contributed by atoms with Crippen LogP contribution in [-0.4, -0.2) is 27.6 Å². The Morgan fingerprint density at radius 1 is 1.07 bits per heavy atom. The van der Waals surface area contributed by atoms with Gasteiger partial charge in [0.1, 0.15) is 0 Å². The molecule has 1 heterocycles. The molecule has 0 saturated heterocycles. The van der Waals surface area contributed by atoms with Gasteiger partial charge in [-0.2, -0.15) is 0 Å². The monoisotopic (exact) mass is 415 g/mol. The molecule has 0 atom stereocenters. The largest absolute Gasteiger partial charge is 0.297 e. The Hall–Kier alpha value is -2.48. The van der Waals surface area contributed by atoms with Gasteiger partial charge in [0.15, 0.2) is 10.1 Å². The number of benzene rings is 2. The highest BCUT2D eigenvalue weighted by atomic mass is 35.5. The molecular weight excluding hydrogens is 402 g/mol. The summed E-state index contributed by atoms with van der Waals surface area (Å²) in [6, 6.07) is 16.3. The fourth-order valence-corrected chi connectivity index (χ4v) is 3.82. The molecule has 3 rings (SSSR count). The standard InChI is InChI=1S/C19H14ClN3O2S2/c20-15-9-7-14(8-10-15)16(24)12-26-19-23-22-18(27-19)21-17(25)11-6-13-4-2-1-3-5-13/h1-11H,12H2,(H,21,22,25). The van der Waals surface area contributed by atoms with Crippen LogP contribution in [0.4, 0.5) is 5.13 Å². The molecule has 1 amide bonds. The van der Waals surface area contributed by atoms with E-state index < -0.39 is 0 Å². The van der Waals surface area contributed by atoms with Crippen molar-refractivity contribution < 1.29 is 9.59 Å². The lowest BCUT2D eigenvalue weighted by Gasteiger charge is -1.99. The molecule has 136 valence electrons. The maximum absolute atomic E-state index is 12.1. The van der Waals surface area contributed by atoms with E-state index in [1.165, 1.54) is 29.2 Å². The molecule has 0 aliphatic heterocycles. The fraction of sp³-hybridized carbons (Fsp3) is 0.0526. The number of aromatic nitrogens is 2. The van der Waals surface area contributed by atoms with Gasteiger partial charge in [0.25, 0.3) is 0 Å². The number of carbonyl (C=O) groups excluding carboxylic acids is 2. The number of ketones is 1. The molecule has 0 radical (unpaired) electrons. The number of thioether (sulfide) groups is 1. The number of nitrogens with one attached hydrogen (secondary N) is 1. The molecular formula is C19H14ClN3O2S2. The van der Waals surface area contributed by atoms with Gasteiger partial charge in [-0.05, 0) is 35.9 Å². The third-order valence-electron chi connectivity index (χ3n) is 3.36. The number of anilines is 1. The van der Waals surface area contributed by atoms with Crippen molar-refractivity contribution in [1.29, 1.82) is 0 Å². The minimum absolute atomic E-state index is 0.0248. The zero-order valence-corrected chi connectivity index (χ0v) is 16.4. The van der Waals surface area contributed by atoms with Crippen molar-refractivity contribution >= 4 is 57.6 Å². The van der Waals surface area contributed by atoms with E-state index in [1.54, 1.807) is 30.3 Å². The quantitative estimate of drug-likeness (QED) is 0.259. The lowest BCUT2D eigenvalue weighted by molar-refractivity contribution is -0.111. The Bertz CT molecular complexity index is 957. The molecule has 2 aromatic carbocycles. The first-order valence-corrected chi connectivity index (χ1v) is 10.1. The van der Waals surface area contributed by atoms with Crippen molar-refractivity contribution in [3.63, 3.8) is 0 Å². The lowest BCUT2D eigenvalue weighted by atomic mass is 10.1. The summed E-state index contributed by atoms with van der Waals surface area (Å²) in [5.41, 5.74) is 1.53. The van der Waals surface area contributed by atoms with E-state index in [2.05, 4.69) is 15.5 Å². The summed E-state index contributed by atoms with van der Waals surface area (Å²) in [4.78, 5) is 24.1. The van der Waals surface area contributed by atoms with Gasteiger partial charge in [-0.1, -0.05) is 65.0 Å².